The van der Waals surface area contributed by atoms with E-state index in [1.165, 1.54) is 11.1 Å². The van der Waals surface area contributed by atoms with Crippen LogP contribution in [-0.4, -0.2) is 22.0 Å². The lowest BCUT2D eigenvalue weighted by atomic mass is 10.1. The summed E-state index contributed by atoms with van der Waals surface area (Å²) in [5.41, 5.74) is 9.39. The number of carbonyl (C=O) groups is 1. The third kappa shape index (κ3) is 3.40. The van der Waals surface area contributed by atoms with Crippen LogP contribution in [0.5, 0.6) is 5.75 Å². The first-order valence-corrected chi connectivity index (χ1v) is 7.02. The number of carbonyl (C=O) groups excluding carboxylic acids is 1. The largest absolute Gasteiger partial charge is 0.508 e. The minimum atomic E-state index is -0.552. The Morgan fingerprint density at radius 3 is 2.18 bits per heavy atom. The Morgan fingerprint density at radius 2 is 1.64 bits per heavy atom. The molecule has 3 rings (SSSR count). The van der Waals surface area contributed by atoms with Crippen LogP contribution < -0.4 is 5.73 Å². The summed E-state index contributed by atoms with van der Waals surface area (Å²) in [4.78, 5) is 14.2. The van der Waals surface area contributed by atoms with E-state index in [2.05, 4.69) is 0 Å². The Morgan fingerprint density at radius 1 is 1.09 bits per heavy atom. The van der Waals surface area contributed by atoms with Crippen molar-refractivity contribution < 1.29 is 9.90 Å². The van der Waals surface area contributed by atoms with Gasteiger partial charge in [-0.05, 0) is 35.2 Å². The zero-order valence-electron chi connectivity index (χ0n) is 12.1. The van der Waals surface area contributed by atoms with Gasteiger partial charge in [-0.15, -0.1) is 12.4 Å². The monoisotopic (exact) mass is 318 g/mol. The normalized spacial score (nSPS) is 14.1. The van der Waals surface area contributed by atoms with Gasteiger partial charge in [-0.25, -0.2) is 0 Å². The van der Waals surface area contributed by atoms with E-state index in [1.54, 1.807) is 29.2 Å². The second kappa shape index (κ2) is 6.81. The number of nitrogens with zero attached hydrogens (tertiary/aromatic N) is 1. The Balaban J connectivity index is 0.00000176. The molecule has 1 aliphatic heterocycles. The smallest absolute Gasteiger partial charge is 0.240 e. The van der Waals surface area contributed by atoms with Crippen LogP contribution in [0.4, 0.5) is 0 Å². The fraction of sp³-hybridized carbons (Fsp3) is 0.235. The highest BCUT2D eigenvalue weighted by Crippen LogP contribution is 2.23. The van der Waals surface area contributed by atoms with Gasteiger partial charge in [-0.3, -0.25) is 4.79 Å². The molecule has 2 aromatic carbocycles. The quantitative estimate of drug-likeness (QED) is 0.912. The van der Waals surface area contributed by atoms with E-state index in [0.29, 0.717) is 19.5 Å². The lowest BCUT2D eigenvalue weighted by molar-refractivity contribution is -0.133. The third-order valence-corrected chi connectivity index (χ3v) is 3.86. The number of phenols is 1. The summed E-state index contributed by atoms with van der Waals surface area (Å²) in [6, 6.07) is 14.3. The van der Waals surface area contributed by atoms with Gasteiger partial charge in [0.25, 0.3) is 0 Å². The Kier molecular flexibility index (Phi) is 5.06. The summed E-state index contributed by atoms with van der Waals surface area (Å²) < 4.78 is 0. The highest BCUT2D eigenvalue weighted by molar-refractivity contribution is 5.85. The van der Waals surface area contributed by atoms with E-state index in [4.69, 9.17) is 5.73 Å². The first-order valence-electron chi connectivity index (χ1n) is 7.02. The molecule has 0 bridgehead atoms. The van der Waals surface area contributed by atoms with Gasteiger partial charge in [-0.2, -0.15) is 0 Å². The molecule has 0 unspecified atom stereocenters. The number of halogens is 1. The summed E-state index contributed by atoms with van der Waals surface area (Å²) in [6.07, 6.45) is 0.478. The zero-order chi connectivity index (χ0) is 14.8. The number of rotatable bonds is 3. The molecule has 1 atom stereocenters. The van der Waals surface area contributed by atoms with Gasteiger partial charge in [0, 0.05) is 13.1 Å². The summed E-state index contributed by atoms with van der Waals surface area (Å²) >= 11 is 0. The van der Waals surface area contributed by atoms with E-state index in [9.17, 15) is 9.90 Å². The van der Waals surface area contributed by atoms with Crippen molar-refractivity contribution in [2.45, 2.75) is 25.6 Å². The lowest BCUT2D eigenvalue weighted by Gasteiger charge is -2.20. The molecular formula is C17H19ClN2O2. The molecule has 3 N–H and O–H groups in total. The van der Waals surface area contributed by atoms with Crippen molar-refractivity contribution in [3.63, 3.8) is 0 Å². The van der Waals surface area contributed by atoms with Crippen LogP contribution in [0.3, 0.4) is 0 Å². The SMILES string of the molecule is Cl.N[C@H](Cc1ccc(O)cc1)C(=O)N1Cc2ccccc2C1. The number of nitrogens with two attached hydrogens (primary N) is 1. The lowest BCUT2D eigenvalue weighted by Crippen LogP contribution is -2.42. The number of hydrogen-bond acceptors (Lipinski definition) is 3. The fourth-order valence-corrected chi connectivity index (χ4v) is 2.70. The van der Waals surface area contributed by atoms with Crippen LogP contribution in [-0.2, 0) is 24.3 Å². The second-order valence-corrected chi connectivity index (χ2v) is 5.44. The molecule has 0 spiro atoms. The highest BCUT2D eigenvalue weighted by atomic mass is 35.5. The Bertz CT molecular complexity index is 633. The molecule has 0 fully saturated rings. The average molecular weight is 319 g/mol. The van der Waals surface area contributed by atoms with Gasteiger partial charge in [0.2, 0.25) is 5.91 Å². The van der Waals surface area contributed by atoms with Crippen LogP contribution in [0.15, 0.2) is 48.5 Å². The molecule has 0 aromatic heterocycles. The predicted octanol–water partition coefficient (Wildman–Crippen LogP) is 2.23. The van der Waals surface area contributed by atoms with Gasteiger partial charge in [0.05, 0.1) is 6.04 Å². The van der Waals surface area contributed by atoms with Crippen molar-refractivity contribution in [1.82, 2.24) is 4.90 Å². The number of fused-ring (bicyclic) bond motifs is 1. The first-order chi connectivity index (χ1) is 10.1. The maximum Gasteiger partial charge on any atom is 0.240 e. The maximum absolute atomic E-state index is 12.4. The van der Waals surface area contributed by atoms with Crippen molar-refractivity contribution in [3.8, 4) is 5.75 Å². The molecule has 0 saturated carbocycles. The summed E-state index contributed by atoms with van der Waals surface area (Å²) in [7, 11) is 0. The van der Waals surface area contributed by atoms with E-state index in [0.717, 1.165) is 5.56 Å². The Labute approximate surface area is 136 Å². The molecule has 0 saturated heterocycles. The molecule has 2 aromatic rings. The topological polar surface area (TPSA) is 66.6 Å². The van der Waals surface area contributed by atoms with Crippen LogP contribution in [0.25, 0.3) is 0 Å². The van der Waals surface area contributed by atoms with Crippen molar-refractivity contribution in [1.29, 1.82) is 0 Å². The zero-order valence-corrected chi connectivity index (χ0v) is 12.9. The molecule has 116 valence electrons. The van der Waals surface area contributed by atoms with E-state index < -0.39 is 6.04 Å². The van der Waals surface area contributed by atoms with Crippen molar-refractivity contribution >= 4 is 18.3 Å². The number of benzene rings is 2. The van der Waals surface area contributed by atoms with Crippen LogP contribution in [0.1, 0.15) is 16.7 Å². The van der Waals surface area contributed by atoms with Gasteiger partial charge < -0.3 is 15.7 Å². The van der Waals surface area contributed by atoms with Crippen LogP contribution >= 0.6 is 12.4 Å². The van der Waals surface area contributed by atoms with Crippen molar-refractivity contribution in [3.05, 3.63) is 65.2 Å². The molecule has 1 aliphatic rings. The standard InChI is InChI=1S/C17H18N2O2.ClH/c18-16(9-12-5-7-15(20)8-6-12)17(21)19-10-13-3-1-2-4-14(13)11-19;/h1-8,16,20H,9-11,18H2;1H/t16-;/m1./s1. The van der Waals surface area contributed by atoms with Crippen LogP contribution in [0.2, 0.25) is 0 Å². The molecule has 4 nitrogen and oxygen atoms in total. The van der Waals surface area contributed by atoms with Gasteiger partial charge in [0.15, 0.2) is 0 Å². The Hall–Kier alpha value is -2.04. The third-order valence-electron chi connectivity index (χ3n) is 3.86. The van der Waals surface area contributed by atoms with Gasteiger partial charge >= 0.3 is 0 Å². The second-order valence-electron chi connectivity index (χ2n) is 5.44. The molecular weight excluding hydrogens is 300 g/mol. The summed E-state index contributed by atoms with van der Waals surface area (Å²) in [5, 5.41) is 9.27. The molecule has 0 radical (unpaired) electrons. The fourth-order valence-electron chi connectivity index (χ4n) is 2.70. The number of aromatic hydroxyl groups is 1. The molecule has 1 amide bonds. The number of amides is 1. The minimum absolute atomic E-state index is 0. The van der Waals surface area contributed by atoms with Crippen LogP contribution in [0, 0.1) is 0 Å². The van der Waals surface area contributed by atoms with Crippen molar-refractivity contribution in [2.24, 2.45) is 5.73 Å². The number of phenolic OH excluding ortho intramolecular Hbond substituents is 1. The highest BCUT2D eigenvalue weighted by Gasteiger charge is 2.26. The van der Waals surface area contributed by atoms with E-state index in [-0.39, 0.29) is 24.1 Å². The summed E-state index contributed by atoms with van der Waals surface area (Å²) in [6.45, 7) is 1.27. The van der Waals surface area contributed by atoms with E-state index >= 15 is 0 Å². The average Bonchev–Trinajstić information content (AvgIpc) is 2.92. The number of hydrogen-bond donors (Lipinski definition) is 2. The van der Waals surface area contributed by atoms with Gasteiger partial charge in [0.1, 0.15) is 5.75 Å². The minimum Gasteiger partial charge on any atom is -0.508 e. The molecule has 5 heteroatoms. The first kappa shape index (κ1) is 16.3. The molecule has 1 heterocycles. The predicted molar refractivity (Wildman–Crippen MR) is 87.7 cm³/mol. The van der Waals surface area contributed by atoms with Gasteiger partial charge in [-0.1, -0.05) is 36.4 Å². The summed E-state index contributed by atoms with van der Waals surface area (Å²) in [5.74, 6) is 0.188. The van der Waals surface area contributed by atoms with Crippen molar-refractivity contribution in [2.75, 3.05) is 0 Å². The molecule has 22 heavy (non-hydrogen) atoms. The van der Waals surface area contributed by atoms with E-state index in [1.807, 2.05) is 24.3 Å². The molecule has 0 aliphatic carbocycles. The maximum atomic E-state index is 12.4.